The lowest BCUT2D eigenvalue weighted by Gasteiger charge is -2.09. The Labute approximate surface area is 96.4 Å². The lowest BCUT2D eigenvalue weighted by atomic mass is 10.2. The van der Waals surface area contributed by atoms with Crippen LogP contribution in [0.4, 0.5) is 4.79 Å². The molecule has 16 heavy (non-hydrogen) atoms. The molecule has 3 N–H and O–H groups in total. The first-order valence-corrected chi connectivity index (χ1v) is 5.89. The maximum Gasteiger partial charge on any atom is 0.314 e. The van der Waals surface area contributed by atoms with E-state index in [9.17, 15) is 9.59 Å². The molecule has 1 aliphatic carbocycles. The number of carbonyl (C=O) groups excluding carboxylic acids is 2. The zero-order valence-corrected chi connectivity index (χ0v) is 10.0. The minimum absolute atomic E-state index is 0.0105. The van der Waals surface area contributed by atoms with Crippen LogP contribution in [0.5, 0.6) is 0 Å². The monoisotopic (exact) mass is 227 g/mol. The highest BCUT2D eigenvalue weighted by Crippen LogP contribution is 2.27. The Kier molecular flexibility index (Phi) is 5.08. The minimum atomic E-state index is -0.148. The summed E-state index contributed by atoms with van der Waals surface area (Å²) in [5.74, 6) is 0.690. The average molecular weight is 227 g/mol. The summed E-state index contributed by atoms with van der Waals surface area (Å²) in [4.78, 5) is 22.4. The quantitative estimate of drug-likeness (QED) is 0.577. The highest BCUT2D eigenvalue weighted by Gasteiger charge is 2.21. The highest BCUT2D eigenvalue weighted by molar-refractivity contribution is 5.78. The predicted molar refractivity (Wildman–Crippen MR) is 62.0 cm³/mol. The number of hydrogen-bond acceptors (Lipinski definition) is 2. The second kappa shape index (κ2) is 6.35. The van der Waals surface area contributed by atoms with Gasteiger partial charge < -0.3 is 16.0 Å². The fraction of sp³-hybridized carbons (Fsp3) is 0.818. The van der Waals surface area contributed by atoms with Crippen molar-refractivity contribution in [1.82, 2.24) is 16.0 Å². The van der Waals surface area contributed by atoms with Gasteiger partial charge in [0.1, 0.15) is 0 Å². The van der Waals surface area contributed by atoms with Crippen LogP contribution in [0.25, 0.3) is 0 Å². The van der Waals surface area contributed by atoms with E-state index < -0.39 is 0 Å². The number of amides is 3. The SMILES string of the molecule is CC(C)C(=O)NCCNC(=O)NCC1CC1. The van der Waals surface area contributed by atoms with Crippen molar-refractivity contribution in [3.63, 3.8) is 0 Å². The maximum absolute atomic E-state index is 11.2. The molecule has 1 aliphatic rings. The van der Waals surface area contributed by atoms with Crippen molar-refractivity contribution in [3.05, 3.63) is 0 Å². The van der Waals surface area contributed by atoms with Crippen molar-refractivity contribution in [2.45, 2.75) is 26.7 Å². The van der Waals surface area contributed by atoms with E-state index in [1.165, 1.54) is 12.8 Å². The average Bonchev–Trinajstić information content (AvgIpc) is 3.04. The molecule has 1 fully saturated rings. The van der Waals surface area contributed by atoms with Crippen LogP contribution >= 0.6 is 0 Å². The summed E-state index contributed by atoms with van der Waals surface area (Å²) in [6, 6.07) is -0.148. The van der Waals surface area contributed by atoms with Crippen LogP contribution in [0, 0.1) is 11.8 Å². The van der Waals surface area contributed by atoms with Crippen LogP contribution in [-0.2, 0) is 4.79 Å². The Morgan fingerprint density at radius 3 is 2.31 bits per heavy atom. The van der Waals surface area contributed by atoms with E-state index in [0.717, 1.165) is 6.54 Å². The van der Waals surface area contributed by atoms with Crippen LogP contribution in [-0.4, -0.2) is 31.6 Å². The molecule has 0 aliphatic heterocycles. The van der Waals surface area contributed by atoms with Gasteiger partial charge in [0.15, 0.2) is 0 Å². The first-order valence-electron chi connectivity index (χ1n) is 5.89. The minimum Gasteiger partial charge on any atom is -0.354 e. The normalized spacial score (nSPS) is 14.7. The number of rotatable bonds is 6. The van der Waals surface area contributed by atoms with Crippen LogP contribution < -0.4 is 16.0 Å². The molecule has 5 heteroatoms. The van der Waals surface area contributed by atoms with Gasteiger partial charge in [-0.15, -0.1) is 0 Å². The molecule has 0 aromatic heterocycles. The Balaban J connectivity index is 1.93. The van der Waals surface area contributed by atoms with E-state index in [1.807, 2.05) is 13.8 Å². The third kappa shape index (κ3) is 5.58. The lowest BCUT2D eigenvalue weighted by Crippen LogP contribution is -2.41. The standard InChI is InChI=1S/C11H21N3O2/c1-8(2)10(15)12-5-6-13-11(16)14-7-9-3-4-9/h8-9H,3-7H2,1-2H3,(H,12,15)(H2,13,14,16). The predicted octanol–water partition coefficient (Wildman–Crippen LogP) is 0.468. The van der Waals surface area contributed by atoms with Gasteiger partial charge in [-0.3, -0.25) is 4.79 Å². The molecule has 1 saturated carbocycles. The largest absolute Gasteiger partial charge is 0.354 e. The Morgan fingerprint density at radius 1 is 1.12 bits per heavy atom. The fourth-order valence-corrected chi connectivity index (χ4v) is 1.19. The lowest BCUT2D eigenvalue weighted by molar-refractivity contribution is -0.123. The van der Waals surface area contributed by atoms with Crippen LogP contribution in [0.15, 0.2) is 0 Å². The zero-order valence-electron chi connectivity index (χ0n) is 10.0. The van der Waals surface area contributed by atoms with E-state index in [-0.39, 0.29) is 17.9 Å². The number of hydrogen-bond donors (Lipinski definition) is 3. The molecular formula is C11H21N3O2. The number of carbonyl (C=O) groups is 2. The molecule has 1 rings (SSSR count). The Bertz CT molecular complexity index is 250. The van der Waals surface area contributed by atoms with E-state index in [0.29, 0.717) is 19.0 Å². The van der Waals surface area contributed by atoms with E-state index in [1.54, 1.807) is 0 Å². The fourth-order valence-electron chi connectivity index (χ4n) is 1.19. The molecule has 0 unspecified atom stereocenters. The van der Waals surface area contributed by atoms with E-state index >= 15 is 0 Å². The maximum atomic E-state index is 11.2. The highest BCUT2D eigenvalue weighted by atomic mass is 16.2. The molecule has 0 aromatic rings. The molecule has 0 atom stereocenters. The van der Waals surface area contributed by atoms with E-state index in [2.05, 4.69) is 16.0 Å². The summed E-state index contributed by atoms with van der Waals surface area (Å²) in [7, 11) is 0. The van der Waals surface area contributed by atoms with Crippen molar-refractivity contribution >= 4 is 11.9 Å². The second-order valence-electron chi connectivity index (χ2n) is 4.53. The summed E-state index contributed by atoms with van der Waals surface area (Å²) >= 11 is 0. The van der Waals surface area contributed by atoms with Gasteiger partial charge in [0.2, 0.25) is 5.91 Å². The van der Waals surface area contributed by atoms with Crippen LogP contribution in [0.3, 0.4) is 0 Å². The van der Waals surface area contributed by atoms with Gasteiger partial charge in [-0.25, -0.2) is 4.79 Å². The van der Waals surface area contributed by atoms with Gasteiger partial charge >= 0.3 is 6.03 Å². The molecule has 0 bridgehead atoms. The number of nitrogens with one attached hydrogen (secondary N) is 3. The van der Waals surface area contributed by atoms with Gasteiger partial charge in [-0.1, -0.05) is 13.8 Å². The van der Waals surface area contributed by atoms with Crippen molar-refractivity contribution in [1.29, 1.82) is 0 Å². The topological polar surface area (TPSA) is 70.2 Å². The van der Waals surface area contributed by atoms with Crippen molar-refractivity contribution in [2.24, 2.45) is 11.8 Å². The van der Waals surface area contributed by atoms with Gasteiger partial charge in [0.25, 0.3) is 0 Å². The van der Waals surface area contributed by atoms with Gasteiger partial charge in [-0.05, 0) is 18.8 Å². The molecule has 3 amide bonds. The van der Waals surface area contributed by atoms with Gasteiger partial charge in [0.05, 0.1) is 0 Å². The first-order chi connectivity index (χ1) is 7.59. The zero-order chi connectivity index (χ0) is 12.0. The molecule has 0 heterocycles. The second-order valence-corrected chi connectivity index (χ2v) is 4.53. The third-order valence-electron chi connectivity index (χ3n) is 2.48. The summed E-state index contributed by atoms with van der Waals surface area (Å²) in [5.41, 5.74) is 0. The molecule has 0 saturated heterocycles. The van der Waals surface area contributed by atoms with Crippen molar-refractivity contribution in [2.75, 3.05) is 19.6 Å². The summed E-state index contributed by atoms with van der Waals surface area (Å²) in [6.07, 6.45) is 2.45. The third-order valence-corrected chi connectivity index (χ3v) is 2.48. The number of urea groups is 1. The molecule has 5 nitrogen and oxygen atoms in total. The summed E-state index contributed by atoms with van der Waals surface area (Å²) in [6.45, 7) is 5.39. The molecule has 0 spiro atoms. The van der Waals surface area contributed by atoms with Gasteiger partial charge in [0, 0.05) is 25.6 Å². The van der Waals surface area contributed by atoms with Crippen LogP contribution in [0.2, 0.25) is 0 Å². The molecule has 0 aromatic carbocycles. The Morgan fingerprint density at radius 2 is 1.75 bits per heavy atom. The van der Waals surface area contributed by atoms with Crippen molar-refractivity contribution in [3.8, 4) is 0 Å². The van der Waals surface area contributed by atoms with Crippen molar-refractivity contribution < 1.29 is 9.59 Å². The summed E-state index contributed by atoms with van der Waals surface area (Å²) in [5, 5.41) is 8.22. The smallest absolute Gasteiger partial charge is 0.314 e. The van der Waals surface area contributed by atoms with Gasteiger partial charge in [-0.2, -0.15) is 0 Å². The molecule has 92 valence electrons. The van der Waals surface area contributed by atoms with E-state index in [4.69, 9.17) is 0 Å². The first kappa shape index (κ1) is 12.8. The summed E-state index contributed by atoms with van der Waals surface area (Å²) < 4.78 is 0. The molecular weight excluding hydrogens is 206 g/mol. The Hall–Kier alpha value is -1.26. The van der Waals surface area contributed by atoms with Crippen LogP contribution in [0.1, 0.15) is 26.7 Å². The molecule has 0 radical (unpaired) electrons.